The number of nitrogens with two attached hydrogens (primary N) is 1. The van der Waals surface area contributed by atoms with Gasteiger partial charge in [0.05, 0.1) is 22.8 Å². The average Bonchev–Trinajstić information content (AvgIpc) is 2.29. The first kappa shape index (κ1) is 13.2. The fourth-order valence-corrected chi connectivity index (χ4v) is 2.19. The molecule has 0 spiro atoms. The average molecular weight is 243 g/mol. The first-order valence-corrected chi connectivity index (χ1v) is 6.72. The van der Waals surface area contributed by atoms with Crippen LogP contribution < -0.4 is 5.73 Å². The lowest BCUT2D eigenvalue weighted by Crippen LogP contribution is -2.36. The van der Waals surface area contributed by atoms with Crippen molar-refractivity contribution < 1.29 is 13.5 Å². The Bertz CT molecular complexity index is 449. The molecule has 0 radical (unpaired) electrons. The third-order valence-electron chi connectivity index (χ3n) is 2.58. The molecule has 16 heavy (non-hydrogen) atoms. The van der Waals surface area contributed by atoms with Gasteiger partial charge in [0.25, 0.3) is 0 Å². The van der Waals surface area contributed by atoms with Crippen LogP contribution in [0.4, 0.5) is 0 Å². The second kappa shape index (κ2) is 4.53. The lowest BCUT2D eigenvalue weighted by Gasteiger charge is -2.22. The summed E-state index contributed by atoms with van der Waals surface area (Å²) in [6, 6.07) is 6.32. The van der Waals surface area contributed by atoms with E-state index in [2.05, 4.69) is 0 Å². The Balaban J connectivity index is 3.10. The second-order valence-corrected chi connectivity index (χ2v) is 6.28. The molecule has 5 heteroatoms. The molecule has 1 unspecified atom stereocenters. The summed E-state index contributed by atoms with van der Waals surface area (Å²) in [4.78, 5) is 0.285. The van der Waals surface area contributed by atoms with Gasteiger partial charge in [-0.1, -0.05) is 19.1 Å². The van der Waals surface area contributed by atoms with Gasteiger partial charge in [-0.15, -0.1) is 0 Å². The predicted molar refractivity (Wildman–Crippen MR) is 62.8 cm³/mol. The molecule has 0 aliphatic carbocycles. The van der Waals surface area contributed by atoms with Crippen LogP contribution in [-0.4, -0.2) is 25.9 Å². The van der Waals surface area contributed by atoms with E-state index in [9.17, 15) is 8.42 Å². The van der Waals surface area contributed by atoms with Crippen LogP contribution in [0.15, 0.2) is 29.2 Å². The summed E-state index contributed by atoms with van der Waals surface area (Å²) in [5, 5.41) is 9.08. The maximum atomic E-state index is 11.6. The summed E-state index contributed by atoms with van der Waals surface area (Å²) in [5.41, 5.74) is 5.70. The van der Waals surface area contributed by atoms with Crippen LogP contribution in [0, 0.1) is 0 Å². The van der Waals surface area contributed by atoms with Crippen LogP contribution in [0.5, 0.6) is 0 Å². The van der Waals surface area contributed by atoms with Crippen LogP contribution >= 0.6 is 0 Å². The highest BCUT2D eigenvalue weighted by Crippen LogP contribution is 2.19. The summed E-state index contributed by atoms with van der Waals surface area (Å²) in [6.07, 6.45) is 0. The Morgan fingerprint density at radius 3 is 2.19 bits per heavy atom. The van der Waals surface area contributed by atoms with E-state index >= 15 is 0 Å². The lowest BCUT2D eigenvalue weighted by molar-refractivity contribution is 0.210. The van der Waals surface area contributed by atoms with Crippen LogP contribution in [0.3, 0.4) is 0 Å². The van der Waals surface area contributed by atoms with Crippen molar-refractivity contribution >= 4 is 9.84 Å². The molecule has 0 saturated heterocycles. The number of hydrogen-bond donors (Lipinski definition) is 2. The smallest absolute Gasteiger partial charge is 0.178 e. The van der Waals surface area contributed by atoms with E-state index in [-0.39, 0.29) is 17.3 Å². The third kappa shape index (κ3) is 2.61. The van der Waals surface area contributed by atoms with Crippen LogP contribution in [0.2, 0.25) is 0 Å². The molecule has 0 heterocycles. The van der Waals surface area contributed by atoms with Gasteiger partial charge in [-0.3, -0.25) is 0 Å². The van der Waals surface area contributed by atoms with Gasteiger partial charge < -0.3 is 10.8 Å². The number of aliphatic hydroxyl groups is 1. The molecule has 90 valence electrons. The van der Waals surface area contributed by atoms with Crippen LogP contribution in [0.25, 0.3) is 0 Å². The Morgan fingerprint density at radius 2 is 1.81 bits per heavy atom. The minimum atomic E-state index is -3.17. The van der Waals surface area contributed by atoms with Crippen molar-refractivity contribution in [3.63, 3.8) is 0 Å². The van der Waals surface area contributed by atoms with E-state index in [1.54, 1.807) is 26.0 Å². The van der Waals surface area contributed by atoms with Gasteiger partial charge in [0.15, 0.2) is 9.84 Å². The van der Waals surface area contributed by atoms with Crippen molar-refractivity contribution in [1.82, 2.24) is 0 Å². The zero-order valence-corrected chi connectivity index (χ0v) is 10.3. The molecule has 1 aromatic rings. The fourth-order valence-electron chi connectivity index (χ4n) is 1.30. The standard InChI is InChI=1S/C11H17NO3S/c1-3-16(14,15)10-6-4-9(5-7-10)11(2,12)8-13/h4-7,13H,3,8,12H2,1-2H3. The monoisotopic (exact) mass is 243 g/mol. The van der Waals surface area contributed by atoms with Crippen molar-refractivity contribution in [3.05, 3.63) is 29.8 Å². The summed E-state index contributed by atoms with van der Waals surface area (Å²) in [7, 11) is -3.17. The Labute approximate surface area is 96.0 Å². The molecule has 1 rings (SSSR count). The van der Waals surface area contributed by atoms with E-state index in [0.29, 0.717) is 5.56 Å². The van der Waals surface area contributed by atoms with E-state index in [4.69, 9.17) is 10.8 Å². The van der Waals surface area contributed by atoms with Crippen LogP contribution in [-0.2, 0) is 15.4 Å². The molecule has 0 amide bonds. The number of benzene rings is 1. The molecule has 0 aliphatic heterocycles. The van der Waals surface area contributed by atoms with Gasteiger partial charge in [0.2, 0.25) is 0 Å². The molecule has 0 bridgehead atoms. The Kier molecular flexibility index (Phi) is 3.72. The van der Waals surface area contributed by atoms with Gasteiger partial charge in [-0.2, -0.15) is 0 Å². The maximum Gasteiger partial charge on any atom is 0.178 e. The van der Waals surface area contributed by atoms with E-state index in [1.807, 2.05) is 0 Å². The highest BCUT2D eigenvalue weighted by Gasteiger charge is 2.20. The number of hydrogen-bond acceptors (Lipinski definition) is 4. The number of aliphatic hydroxyl groups excluding tert-OH is 1. The van der Waals surface area contributed by atoms with Crippen molar-refractivity contribution in [1.29, 1.82) is 0 Å². The molecule has 4 nitrogen and oxygen atoms in total. The largest absolute Gasteiger partial charge is 0.394 e. The molecular weight excluding hydrogens is 226 g/mol. The molecule has 3 N–H and O–H groups in total. The maximum absolute atomic E-state index is 11.6. The summed E-state index contributed by atoms with van der Waals surface area (Å²) in [5.74, 6) is 0.0756. The predicted octanol–water partition coefficient (Wildman–Crippen LogP) is 0.646. The quantitative estimate of drug-likeness (QED) is 0.813. The molecule has 1 aromatic carbocycles. The van der Waals surface area contributed by atoms with E-state index < -0.39 is 15.4 Å². The lowest BCUT2D eigenvalue weighted by atomic mass is 9.94. The summed E-state index contributed by atoms with van der Waals surface area (Å²) >= 11 is 0. The minimum Gasteiger partial charge on any atom is -0.394 e. The van der Waals surface area contributed by atoms with Crippen molar-refractivity contribution in [3.8, 4) is 0 Å². The molecule has 0 aliphatic rings. The molecule has 0 aromatic heterocycles. The zero-order chi connectivity index (χ0) is 12.4. The summed E-state index contributed by atoms with van der Waals surface area (Å²) in [6.45, 7) is 3.10. The minimum absolute atomic E-state index is 0.0756. The third-order valence-corrected chi connectivity index (χ3v) is 4.33. The highest BCUT2D eigenvalue weighted by atomic mass is 32.2. The number of sulfone groups is 1. The van der Waals surface area contributed by atoms with Crippen molar-refractivity contribution in [2.24, 2.45) is 5.73 Å². The van der Waals surface area contributed by atoms with Crippen molar-refractivity contribution in [2.75, 3.05) is 12.4 Å². The van der Waals surface area contributed by atoms with Gasteiger partial charge >= 0.3 is 0 Å². The second-order valence-electron chi connectivity index (χ2n) is 4.00. The van der Waals surface area contributed by atoms with Gasteiger partial charge in [0, 0.05) is 0 Å². The molecule has 0 fully saturated rings. The Hall–Kier alpha value is -0.910. The Morgan fingerprint density at radius 1 is 1.31 bits per heavy atom. The zero-order valence-electron chi connectivity index (χ0n) is 9.47. The van der Waals surface area contributed by atoms with Gasteiger partial charge in [0.1, 0.15) is 0 Å². The highest BCUT2D eigenvalue weighted by molar-refractivity contribution is 7.91. The van der Waals surface area contributed by atoms with E-state index in [1.165, 1.54) is 12.1 Å². The fraction of sp³-hybridized carbons (Fsp3) is 0.455. The first-order valence-electron chi connectivity index (χ1n) is 5.06. The molecule has 1 atom stereocenters. The SMILES string of the molecule is CCS(=O)(=O)c1ccc(C(C)(N)CO)cc1. The van der Waals surface area contributed by atoms with Crippen molar-refractivity contribution in [2.45, 2.75) is 24.3 Å². The van der Waals surface area contributed by atoms with Gasteiger partial charge in [-0.05, 0) is 24.6 Å². The molecule has 0 saturated carbocycles. The summed E-state index contributed by atoms with van der Waals surface area (Å²) < 4.78 is 23.1. The van der Waals surface area contributed by atoms with E-state index in [0.717, 1.165) is 0 Å². The number of rotatable bonds is 4. The first-order chi connectivity index (χ1) is 7.33. The van der Waals surface area contributed by atoms with Gasteiger partial charge in [-0.25, -0.2) is 8.42 Å². The topological polar surface area (TPSA) is 80.4 Å². The van der Waals surface area contributed by atoms with Crippen LogP contribution in [0.1, 0.15) is 19.4 Å². The molecular formula is C11H17NO3S. The normalized spacial score (nSPS) is 15.8.